The molecular weight excluding hydrogens is 430 g/mol. The van der Waals surface area contributed by atoms with Crippen molar-refractivity contribution in [1.82, 2.24) is 4.90 Å². The van der Waals surface area contributed by atoms with Gasteiger partial charge in [0.15, 0.2) is 11.5 Å². The highest BCUT2D eigenvalue weighted by atomic mass is 32.2. The van der Waals surface area contributed by atoms with Gasteiger partial charge in [-0.05, 0) is 67.8 Å². The molecule has 1 amide bonds. The smallest absolute Gasteiger partial charge is 0.266 e. The van der Waals surface area contributed by atoms with Crippen molar-refractivity contribution in [1.29, 1.82) is 0 Å². The molecule has 0 bridgehead atoms. The van der Waals surface area contributed by atoms with Crippen LogP contribution in [0.3, 0.4) is 0 Å². The van der Waals surface area contributed by atoms with Crippen LogP contribution in [0, 0.1) is 13.8 Å². The van der Waals surface area contributed by atoms with Crippen LogP contribution in [0.5, 0.6) is 17.2 Å². The fourth-order valence-electron chi connectivity index (χ4n) is 3.05. The molecule has 0 atom stereocenters. The Bertz CT molecular complexity index is 1000. The predicted octanol–water partition coefficient (Wildman–Crippen LogP) is 5.38. The lowest BCUT2D eigenvalue weighted by Gasteiger charge is -2.12. The average molecular weight is 458 g/mol. The lowest BCUT2D eigenvalue weighted by Crippen LogP contribution is -2.27. The predicted molar refractivity (Wildman–Crippen MR) is 130 cm³/mol. The fourth-order valence-corrected chi connectivity index (χ4v) is 4.44. The second-order valence-corrected chi connectivity index (χ2v) is 8.81. The van der Waals surface area contributed by atoms with Gasteiger partial charge >= 0.3 is 0 Å². The lowest BCUT2D eigenvalue weighted by molar-refractivity contribution is -0.121. The third-order valence-electron chi connectivity index (χ3n) is 4.97. The second-order valence-electron chi connectivity index (χ2n) is 7.13. The van der Waals surface area contributed by atoms with Crippen molar-refractivity contribution in [2.24, 2.45) is 0 Å². The molecule has 0 saturated carbocycles. The van der Waals surface area contributed by atoms with Gasteiger partial charge in [0, 0.05) is 13.0 Å². The molecule has 31 heavy (non-hydrogen) atoms. The number of hydrogen-bond acceptors (Lipinski definition) is 6. The summed E-state index contributed by atoms with van der Waals surface area (Å²) >= 11 is 6.58. The zero-order valence-corrected chi connectivity index (χ0v) is 19.9. The van der Waals surface area contributed by atoms with Crippen LogP contribution in [0.1, 0.15) is 30.0 Å². The molecule has 0 spiro atoms. The van der Waals surface area contributed by atoms with Crippen molar-refractivity contribution in [3.05, 3.63) is 58.0 Å². The van der Waals surface area contributed by atoms with E-state index in [2.05, 4.69) is 19.9 Å². The van der Waals surface area contributed by atoms with Crippen molar-refractivity contribution >= 4 is 40.3 Å². The maximum atomic E-state index is 12.4. The van der Waals surface area contributed by atoms with Crippen molar-refractivity contribution in [2.45, 2.75) is 27.2 Å². The van der Waals surface area contributed by atoms with Gasteiger partial charge in [-0.1, -0.05) is 36.1 Å². The van der Waals surface area contributed by atoms with Crippen LogP contribution in [0.4, 0.5) is 0 Å². The summed E-state index contributed by atoms with van der Waals surface area (Å²) < 4.78 is 17.7. The van der Waals surface area contributed by atoms with Gasteiger partial charge in [-0.15, -0.1) is 0 Å². The van der Waals surface area contributed by atoms with E-state index in [1.807, 2.05) is 43.3 Å². The van der Waals surface area contributed by atoms with E-state index in [-0.39, 0.29) is 5.91 Å². The van der Waals surface area contributed by atoms with Gasteiger partial charge in [0.25, 0.3) is 5.91 Å². The van der Waals surface area contributed by atoms with E-state index in [1.54, 1.807) is 12.0 Å². The number of benzene rings is 2. The Hall–Kier alpha value is -2.51. The van der Waals surface area contributed by atoms with Crippen LogP contribution < -0.4 is 14.2 Å². The van der Waals surface area contributed by atoms with Crippen molar-refractivity contribution < 1.29 is 19.0 Å². The zero-order valence-electron chi connectivity index (χ0n) is 18.3. The number of ether oxygens (including phenoxy) is 3. The molecule has 1 aliphatic heterocycles. The molecule has 0 aliphatic carbocycles. The van der Waals surface area contributed by atoms with E-state index in [0.29, 0.717) is 40.5 Å². The number of methoxy groups -OCH3 is 1. The molecule has 1 aliphatic rings. The summed E-state index contributed by atoms with van der Waals surface area (Å²) in [6.07, 6.45) is 2.58. The third kappa shape index (κ3) is 5.80. The number of rotatable bonds is 9. The van der Waals surface area contributed by atoms with Crippen LogP contribution in [-0.2, 0) is 4.79 Å². The number of amides is 1. The summed E-state index contributed by atoms with van der Waals surface area (Å²) in [4.78, 5) is 14.6. The summed E-state index contributed by atoms with van der Waals surface area (Å²) in [5.74, 6) is 2.10. The summed E-state index contributed by atoms with van der Waals surface area (Å²) in [5, 5.41) is 0. The minimum Gasteiger partial charge on any atom is -0.493 e. The maximum absolute atomic E-state index is 12.4. The van der Waals surface area contributed by atoms with Crippen LogP contribution in [0.25, 0.3) is 6.08 Å². The quantitative estimate of drug-likeness (QED) is 0.286. The van der Waals surface area contributed by atoms with Gasteiger partial charge in [-0.25, -0.2) is 0 Å². The summed E-state index contributed by atoms with van der Waals surface area (Å²) in [5.41, 5.74) is 3.33. The number of hydrogen-bond donors (Lipinski definition) is 0. The molecule has 5 nitrogen and oxygen atoms in total. The fraction of sp³-hybridized carbons (Fsp3) is 0.333. The molecule has 1 fully saturated rings. The number of aryl methyl sites for hydroxylation is 2. The van der Waals surface area contributed by atoms with Gasteiger partial charge in [0.05, 0.1) is 25.2 Å². The second kappa shape index (κ2) is 10.7. The molecule has 0 aromatic heterocycles. The first-order chi connectivity index (χ1) is 14.9. The minimum atomic E-state index is -0.0550. The molecule has 3 rings (SSSR count). The van der Waals surface area contributed by atoms with Crippen LogP contribution >= 0.6 is 24.0 Å². The number of thiocarbonyl (C=S) groups is 1. The van der Waals surface area contributed by atoms with Gasteiger partial charge in [-0.2, -0.15) is 0 Å². The number of nitrogens with zero attached hydrogens (tertiary/aromatic N) is 1. The van der Waals surface area contributed by atoms with Crippen LogP contribution in [0.2, 0.25) is 0 Å². The van der Waals surface area contributed by atoms with Crippen molar-refractivity contribution in [3.8, 4) is 17.2 Å². The van der Waals surface area contributed by atoms with E-state index in [1.165, 1.54) is 22.9 Å². The van der Waals surface area contributed by atoms with E-state index in [9.17, 15) is 4.79 Å². The normalized spacial score (nSPS) is 15.0. The Morgan fingerprint density at radius 2 is 1.81 bits per heavy atom. The van der Waals surface area contributed by atoms with Crippen LogP contribution in [0.15, 0.2) is 41.3 Å². The molecule has 0 N–H and O–H groups in total. The largest absolute Gasteiger partial charge is 0.493 e. The average Bonchev–Trinajstić information content (AvgIpc) is 3.03. The topological polar surface area (TPSA) is 48.0 Å². The highest BCUT2D eigenvalue weighted by Crippen LogP contribution is 2.34. The Balaban J connectivity index is 1.55. The van der Waals surface area contributed by atoms with Crippen molar-refractivity contribution in [2.75, 3.05) is 26.9 Å². The van der Waals surface area contributed by atoms with E-state index >= 15 is 0 Å². The van der Waals surface area contributed by atoms with E-state index < -0.39 is 0 Å². The Morgan fingerprint density at radius 1 is 1.03 bits per heavy atom. The van der Waals surface area contributed by atoms with E-state index in [0.717, 1.165) is 17.7 Å². The number of carbonyl (C=O) groups excluding carboxylic acids is 1. The van der Waals surface area contributed by atoms with Gasteiger partial charge in [-0.3, -0.25) is 9.69 Å². The Kier molecular flexibility index (Phi) is 7.98. The molecule has 164 valence electrons. The van der Waals surface area contributed by atoms with Gasteiger partial charge in [0.1, 0.15) is 10.1 Å². The molecule has 2 aromatic carbocycles. The monoisotopic (exact) mass is 457 g/mol. The minimum absolute atomic E-state index is 0.0550. The van der Waals surface area contributed by atoms with Crippen molar-refractivity contribution in [3.63, 3.8) is 0 Å². The SMILES string of the molecule is CCN1C(=O)/C(=C/c2ccc(OCCCOc3ccc(C)c(C)c3)c(OC)c2)SC1=S. The van der Waals surface area contributed by atoms with Gasteiger partial charge < -0.3 is 14.2 Å². The lowest BCUT2D eigenvalue weighted by atomic mass is 10.1. The van der Waals surface area contributed by atoms with Gasteiger partial charge in [0.2, 0.25) is 0 Å². The molecule has 2 aromatic rings. The highest BCUT2D eigenvalue weighted by Gasteiger charge is 2.30. The molecule has 0 radical (unpaired) electrons. The number of thioether (sulfide) groups is 1. The maximum Gasteiger partial charge on any atom is 0.266 e. The first kappa shape index (κ1) is 23.2. The Labute approximate surface area is 193 Å². The zero-order chi connectivity index (χ0) is 22.4. The molecule has 1 saturated heterocycles. The van der Waals surface area contributed by atoms with E-state index in [4.69, 9.17) is 26.4 Å². The molecule has 0 unspecified atom stereocenters. The first-order valence-electron chi connectivity index (χ1n) is 10.2. The Morgan fingerprint density at radius 3 is 2.48 bits per heavy atom. The standard InChI is InChI=1S/C24H27NO4S2/c1-5-25-23(26)22(31-24(25)30)15-18-8-10-20(21(14-18)27-4)29-12-6-11-28-19-9-7-16(2)17(3)13-19/h7-10,13-15H,5-6,11-12H2,1-4H3/b22-15-. The first-order valence-corrected chi connectivity index (χ1v) is 11.4. The molecule has 1 heterocycles. The molecule has 7 heteroatoms. The molecular formula is C24H27NO4S2. The third-order valence-corrected chi connectivity index (χ3v) is 6.35. The van der Waals surface area contributed by atoms with Crippen LogP contribution in [-0.4, -0.2) is 42.0 Å². The number of carbonyl (C=O) groups is 1. The number of likely N-dealkylation sites (N-methyl/N-ethyl adjacent to an activating group) is 1. The summed E-state index contributed by atoms with van der Waals surface area (Å²) in [7, 11) is 1.60. The summed E-state index contributed by atoms with van der Waals surface area (Å²) in [6.45, 7) is 7.73. The summed E-state index contributed by atoms with van der Waals surface area (Å²) in [6, 6.07) is 11.7. The highest BCUT2D eigenvalue weighted by molar-refractivity contribution is 8.26.